The van der Waals surface area contributed by atoms with Gasteiger partial charge in [0.05, 0.1) is 30.9 Å². The molecule has 0 aliphatic carbocycles. The SMILES string of the molecule is COc1cc(Nc2cc(C(F)F)nn([C@@H](C)c3cc(F)cc(F)c3)c2=O)ccc1-n1cnc(C)c1. The number of ether oxygens (including phenoxy) is 1. The molecule has 4 rings (SSSR count). The number of nitrogens with zero attached hydrogens (tertiary/aromatic N) is 4. The Balaban J connectivity index is 1.75. The second-order valence-corrected chi connectivity index (χ2v) is 7.85. The second-order valence-electron chi connectivity index (χ2n) is 7.85. The Labute approximate surface area is 197 Å². The number of aryl methyl sites for hydroxylation is 1. The number of hydrogen-bond donors (Lipinski definition) is 1. The summed E-state index contributed by atoms with van der Waals surface area (Å²) in [4.78, 5) is 17.3. The monoisotopic (exact) mass is 487 g/mol. The van der Waals surface area contributed by atoms with Crippen molar-refractivity contribution in [3.63, 3.8) is 0 Å². The van der Waals surface area contributed by atoms with E-state index in [-0.39, 0.29) is 11.3 Å². The van der Waals surface area contributed by atoms with Crippen molar-refractivity contribution < 1.29 is 22.3 Å². The highest BCUT2D eigenvalue weighted by Gasteiger charge is 2.21. The molecule has 0 saturated heterocycles. The van der Waals surface area contributed by atoms with E-state index in [0.29, 0.717) is 23.2 Å². The third-order valence-electron chi connectivity index (χ3n) is 5.36. The fourth-order valence-electron chi connectivity index (χ4n) is 3.63. The fourth-order valence-corrected chi connectivity index (χ4v) is 3.63. The molecule has 1 N–H and O–H groups in total. The molecule has 11 heteroatoms. The van der Waals surface area contributed by atoms with Gasteiger partial charge in [-0.2, -0.15) is 5.10 Å². The highest BCUT2D eigenvalue weighted by molar-refractivity contribution is 5.64. The second kappa shape index (κ2) is 9.61. The minimum Gasteiger partial charge on any atom is -0.494 e. The first-order valence-electron chi connectivity index (χ1n) is 10.5. The predicted octanol–water partition coefficient (Wildman–Crippen LogP) is 5.31. The van der Waals surface area contributed by atoms with Gasteiger partial charge < -0.3 is 14.6 Å². The third kappa shape index (κ3) is 5.03. The number of halogens is 4. The van der Waals surface area contributed by atoms with Gasteiger partial charge in [-0.1, -0.05) is 0 Å². The van der Waals surface area contributed by atoms with Gasteiger partial charge in [0.2, 0.25) is 0 Å². The average molecular weight is 487 g/mol. The zero-order chi connectivity index (χ0) is 25.3. The van der Waals surface area contributed by atoms with Crippen LogP contribution in [0.3, 0.4) is 0 Å². The molecule has 0 fully saturated rings. The van der Waals surface area contributed by atoms with Crippen LogP contribution in [-0.2, 0) is 0 Å². The molecule has 2 heterocycles. The summed E-state index contributed by atoms with van der Waals surface area (Å²) < 4.78 is 62.6. The van der Waals surface area contributed by atoms with Gasteiger partial charge >= 0.3 is 0 Å². The molecule has 0 spiro atoms. The topological polar surface area (TPSA) is 74.0 Å². The smallest absolute Gasteiger partial charge is 0.291 e. The Morgan fingerprint density at radius 1 is 1.06 bits per heavy atom. The number of alkyl halides is 2. The summed E-state index contributed by atoms with van der Waals surface area (Å²) in [5.74, 6) is -1.27. The number of benzene rings is 2. The number of nitrogens with one attached hydrogen (secondary N) is 1. The summed E-state index contributed by atoms with van der Waals surface area (Å²) in [5.41, 5.74) is 0.331. The fraction of sp³-hybridized carbons (Fsp3) is 0.208. The molecule has 2 aromatic heterocycles. The van der Waals surface area contributed by atoms with E-state index in [1.54, 1.807) is 35.3 Å². The summed E-state index contributed by atoms with van der Waals surface area (Å²) in [6.45, 7) is 3.28. The molecular weight excluding hydrogens is 466 g/mol. The molecule has 0 radical (unpaired) electrons. The number of hydrogen-bond acceptors (Lipinski definition) is 5. The normalized spacial score (nSPS) is 12.1. The standard InChI is InChI=1S/C24H21F4N5O2/c1-13-11-32(12-29-13)21-5-4-18(9-22(21)35-3)30-20-10-19(23(27)28)31-33(24(20)34)14(2)15-6-16(25)8-17(26)7-15/h4-12,14,23,30H,1-3H3/t14-/m0/s1. The Bertz CT molecular complexity index is 1410. The number of anilines is 2. The van der Waals surface area contributed by atoms with Crippen molar-refractivity contribution in [2.75, 3.05) is 12.4 Å². The quantitative estimate of drug-likeness (QED) is 0.358. The van der Waals surface area contributed by atoms with Crippen LogP contribution in [0.4, 0.5) is 28.9 Å². The van der Waals surface area contributed by atoms with E-state index < -0.39 is 35.4 Å². The van der Waals surface area contributed by atoms with Crippen molar-refractivity contribution in [3.05, 3.63) is 93.9 Å². The zero-order valence-corrected chi connectivity index (χ0v) is 19.0. The number of rotatable bonds is 7. The lowest BCUT2D eigenvalue weighted by molar-refractivity contribution is 0.142. The van der Waals surface area contributed by atoms with Crippen molar-refractivity contribution >= 4 is 11.4 Å². The van der Waals surface area contributed by atoms with E-state index >= 15 is 0 Å². The highest BCUT2D eigenvalue weighted by Crippen LogP contribution is 2.29. The van der Waals surface area contributed by atoms with Crippen LogP contribution in [0.25, 0.3) is 5.69 Å². The van der Waals surface area contributed by atoms with Gasteiger partial charge in [-0.25, -0.2) is 27.2 Å². The molecule has 182 valence electrons. The minimum atomic E-state index is -2.99. The van der Waals surface area contributed by atoms with Crippen molar-refractivity contribution in [2.24, 2.45) is 0 Å². The van der Waals surface area contributed by atoms with Gasteiger partial charge in [0.25, 0.3) is 12.0 Å². The highest BCUT2D eigenvalue weighted by atomic mass is 19.3. The Hall–Kier alpha value is -4.15. The number of aromatic nitrogens is 4. The van der Waals surface area contributed by atoms with Gasteiger partial charge in [0.1, 0.15) is 28.8 Å². The predicted molar refractivity (Wildman–Crippen MR) is 122 cm³/mol. The molecular formula is C24H21F4N5O2. The van der Waals surface area contributed by atoms with E-state index in [2.05, 4.69) is 15.4 Å². The van der Waals surface area contributed by atoms with Gasteiger partial charge in [-0.15, -0.1) is 0 Å². The van der Waals surface area contributed by atoms with E-state index in [1.807, 2.05) is 6.92 Å². The van der Waals surface area contributed by atoms with Crippen LogP contribution in [0.1, 0.15) is 36.3 Å². The molecule has 0 aliphatic rings. The maximum Gasteiger partial charge on any atom is 0.291 e. The molecule has 0 bridgehead atoms. The molecule has 0 amide bonds. The summed E-state index contributed by atoms with van der Waals surface area (Å²) in [6, 6.07) is 7.60. The Morgan fingerprint density at radius 3 is 2.37 bits per heavy atom. The van der Waals surface area contributed by atoms with Crippen LogP contribution in [-0.4, -0.2) is 26.4 Å². The molecule has 0 unspecified atom stereocenters. The van der Waals surface area contributed by atoms with Crippen molar-refractivity contribution in [1.82, 2.24) is 19.3 Å². The maximum atomic E-state index is 13.7. The van der Waals surface area contributed by atoms with Crippen molar-refractivity contribution in [3.8, 4) is 11.4 Å². The molecule has 0 saturated carbocycles. The first kappa shape index (κ1) is 24.0. The van der Waals surface area contributed by atoms with Gasteiger partial charge in [-0.05, 0) is 49.7 Å². The third-order valence-corrected chi connectivity index (χ3v) is 5.36. The molecule has 35 heavy (non-hydrogen) atoms. The Morgan fingerprint density at radius 2 is 1.77 bits per heavy atom. The zero-order valence-electron chi connectivity index (χ0n) is 19.0. The summed E-state index contributed by atoms with van der Waals surface area (Å²) in [7, 11) is 1.47. The van der Waals surface area contributed by atoms with Crippen LogP contribution in [0.5, 0.6) is 5.75 Å². The average Bonchev–Trinajstić information content (AvgIpc) is 3.25. The summed E-state index contributed by atoms with van der Waals surface area (Å²) in [5, 5.41) is 6.57. The molecule has 1 atom stereocenters. The molecule has 7 nitrogen and oxygen atoms in total. The van der Waals surface area contributed by atoms with E-state index in [0.717, 1.165) is 28.6 Å². The maximum absolute atomic E-state index is 13.7. The van der Waals surface area contributed by atoms with Crippen LogP contribution in [0.15, 0.2) is 59.8 Å². The first-order valence-corrected chi connectivity index (χ1v) is 10.5. The van der Waals surface area contributed by atoms with Crippen molar-refractivity contribution in [1.29, 1.82) is 0 Å². The van der Waals surface area contributed by atoms with E-state index in [1.165, 1.54) is 14.0 Å². The van der Waals surface area contributed by atoms with Crippen LogP contribution in [0, 0.1) is 18.6 Å². The van der Waals surface area contributed by atoms with E-state index in [9.17, 15) is 22.4 Å². The van der Waals surface area contributed by atoms with Crippen molar-refractivity contribution in [2.45, 2.75) is 26.3 Å². The van der Waals surface area contributed by atoms with Gasteiger partial charge in [0.15, 0.2) is 0 Å². The van der Waals surface area contributed by atoms with Gasteiger partial charge in [-0.3, -0.25) is 4.79 Å². The largest absolute Gasteiger partial charge is 0.494 e. The minimum absolute atomic E-state index is 0.0658. The molecule has 4 aromatic rings. The lowest BCUT2D eigenvalue weighted by Gasteiger charge is -2.18. The van der Waals surface area contributed by atoms with Crippen LogP contribution < -0.4 is 15.6 Å². The van der Waals surface area contributed by atoms with Crippen LogP contribution in [0.2, 0.25) is 0 Å². The lowest BCUT2D eigenvalue weighted by Crippen LogP contribution is -2.29. The molecule has 0 aliphatic heterocycles. The van der Waals surface area contributed by atoms with Gasteiger partial charge in [0, 0.05) is 24.0 Å². The first-order chi connectivity index (χ1) is 16.7. The van der Waals surface area contributed by atoms with E-state index in [4.69, 9.17) is 4.74 Å². The summed E-state index contributed by atoms with van der Waals surface area (Å²) in [6.07, 6.45) is 0.436. The lowest BCUT2D eigenvalue weighted by atomic mass is 10.1. The summed E-state index contributed by atoms with van der Waals surface area (Å²) >= 11 is 0. The van der Waals surface area contributed by atoms with Crippen LogP contribution >= 0.6 is 0 Å². The number of methoxy groups -OCH3 is 1. The molecule has 2 aromatic carbocycles. The Kier molecular flexibility index (Phi) is 6.59. The number of imidazole rings is 1.